The van der Waals surface area contributed by atoms with Crippen molar-refractivity contribution in [3.8, 4) is 0 Å². The summed E-state index contributed by atoms with van der Waals surface area (Å²) in [5.41, 5.74) is 0.154. The van der Waals surface area contributed by atoms with Gasteiger partial charge in [-0.15, -0.1) is 0 Å². The number of allylic oxidation sites excluding steroid dienone is 1. The summed E-state index contributed by atoms with van der Waals surface area (Å²) in [4.78, 5) is 63.0. The molecule has 2 aromatic rings. The second kappa shape index (κ2) is 15.7. The molecule has 0 aromatic heterocycles. The van der Waals surface area contributed by atoms with Crippen LogP contribution in [0.1, 0.15) is 37.0 Å². The molecule has 276 valence electrons. The monoisotopic (exact) mass is 712 g/mol. The minimum absolute atomic E-state index is 0.192. The summed E-state index contributed by atoms with van der Waals surface area (Å²) in [6, 6.07) is 16.3. The number of esters is 1. The van der Waals surface area contributed by atoms with Gasteiger partial charge in [-0.05, 0) is 30.9 Å². The molecule has 0 radical (unpaired) electrons. The highest BCUT2D eigenvalue weighted by Crippen LogP contribution is 2.56. The number of aliphatic hydroxyl groups is 1. The zero-order valence-electron chi connectivity index (χ0n) is 29.5. The molecule has 0 saturated carbocycles. The molecular formula is C40H48N4O8. The Bertz CT molecular complexity index is 1660. The predicted octanol–water partition coefficient (Wildman–Crippen LogP) is 2.04. The molecule has 0 unspecified atom stereocenters. The van der Waals surface area contributed by atoms with Crippen LogP contribution in [0.3, 0.4) is 0 Å². The van der Waals surface area contributed by atoms with Gasteiger partial charge in [0.2, 0.25) is 17.7 Å². The van der Waals surface area contributed by atoms with Crippen LogP contribution in [0.5, 0.6) is 0 Å². The summed E-state index contributed by atoms with van der Waals surface area (Å²) < 4.78 is 18.4. The van der Waals surface area contributed by atoms with Crippen LogP contribution in [0, 0.1) is 11.8 Å². The van der Waals surface area contributed by atoms with E-state index >= 15 is 4.79 Å². The van der Waals surface area contributed by atoms with E-state index in [1.807, 2.05) is 72.8 Å². The highest BCUT2D eigenvalue weighted by molar-refractivity contribution is 5.99. The van der Waals surface area contributed by atoms with E-state index < -0.39 is 66.3 Å². The number of aliphatic hydroxyl groups excluding tert-OH is 1. The van der Waals surface area contributed by atoms with Crippen molar-refractivity contribution in [3.63, 3.8) is 0 Å². The number of amides is 3. The Labute approximate surface area is 304 Å². The van der Waals surface area contributed by atoms with Gasteiger partial charge in [-0.2, -0.15) is 0 Å². The van der Waals surface area contributed by atoms with Crippen molar-refractivity contribution in [1.29, 1.82) is 0 Å². The summed E-state index contributed by atoms with van der Waals surface area (Å²) in [6.07, 6.45) is 6.66. The molecule has 7 rings (SSSR count). The molecule has 12 heteroatoms. The van der Waals surface area contributed by atoms with Gasteiger partial charge in [0.25, 0.3) is 0 Å². The Morgan fingerprint density at radius 2 is 1.67 bits per heavy atom. The van der Waals surface area contributed by atoms with Gasteiger partial charge in [-0.3, -0.25) is 24.1 Å². The second-order valence-corrected chi connectivity index (χ2v) is 14.3. The fourth-order valence-corrected chi connectivity index (χ4v) is 8.48. The number of likely N-dealkylation sites (tertiary alicyclic amines) is 1. The lowest BCUT2D eigenvalue weighted by Gasteiger charge is -2.39. The molecule has 1 spiro atoms. The van der Waals surface area contributed by atoms with Gasteiger partial charge in [0.15, 0.2) is 0 Å². The summed E-state index contributed by atoms with van der Waals surface area (Å²) in [5, 5.41) is 13.9. The number of carbonyl (C=O) groups excluding carboxylic acids is 4. The fourth-order valence-electron chi connectivity index (χ4n) is 8.48. The van der Waals surface area contributed by atoms with Gasteiger partial charge in [0.1, 0.15) is 23.7 Å². The number of fused-ring (bicyclic) bond motifs is 2. The molecule has 3 fully saturated rings. The Balaban J connectivity index is 1.29. The van der Waals surface area contributed by atoms with Crippen LogP contribution in [-0.4, -0.2) is 126 Å². The van der Waals surface area contributed by atoms with E-state index in [0.29, 0.717) is 44.7 Å². The van der Waals surface area contributed by atoms with Gasteiger partial charge in [-0.1, -0.05) is 85.0 Å². The first-order chi connectivity index (χ1) is 25.3. The zero-order chi connectivity index (χ0) is 36.2. The van der Waals surface area contributed by atoms with Crippen LogP contribution >= 0.6 is 0 Å². The van der Waals surface area contributed by atoms with E-state index in [1.165, 1.54) is 4.90 Å². The van der Waals surface area contributed by atoms with Crippen LogP contribution in [0.25, 0.3) is 0 Å². The lowest BCUT2D eigenvalue weighted by Crippen LogP contribution is -2.59. The molecule has 2 aromatic carbocycles. The van der Waals surface area contributed by atoms with Crippen LogP contribution < -0.4 is 5.32 Å². The number of hydrogen-bond acceptors (Lipinski definition) is 9. The largest absolute Gasteiger partial charge is 0.455 e. The Morgan fingerprint density at radius 3 is 2.40 bits per heavy atom. The van der Waals surface area contributed by atoms with Crippen LogP contribution in [0.4, 0.5) is 0 Å². The second-order valence-electron chi connectivity index (χ2n) is 14.3. The molecular weight excluding hydrogens is 664 g/mol. The van der Waals surface area contributed by atoms with Crippen molar-refractivity contribution >= 4 is 23.7 Å². The molecule has 5 heterocycles. The van der Waals surface area contributed by atoms with Gasteiger partial charge in [0.05, 0.1) is 43.9 Å². The highest BCUT2D eigenvalue weighted by atomic mass is 16.6. The SMILES string of the molecule is C[C@H]1NC(=O)CC/C=C\CN(CCN2CCOCC2)C(=O)[C@@H]2N([C@@H](CO)Cc3ccccc3)C(=O)[C@H]3[C@H](C(=O)O[C@@H]1c1ccccc1)[C@@H]1C=C[C@]23O1. The van der Waals surface area contributed by atoms with E-state index in [2.05, 4.69) is 10.2 Å². The van der Waals surface area contributed by atoms with E-state index in [4.69, 9.17) is 14.2 Å². The van der Waals surface area contributed by atoms with Crippen LogP contribution in [0.2, 0.25) is 0 Å². The Hall–Kier alpha value is -4.36. The number of rotatable bonds is 8. The normalized spacial score (nSPS) is 32.4. The average Bonchev–Trinajstić information content (AvgIpc) is 3.81. The number of ether oxygens (including phenoxy) is 3. The van der Waals surface area contributed by atoms with Crippen molar-refractivity contribution < 1.29 is 38.5 Å². The topological polar surface area (TPSA) is 138 Å². The van der Waals surface area contributed by atoms with E-state index in [0.717, 1.165) is 18.7 Å². The number of carbonyl (C=O) groups is 4. The van der Waals surface area contributed by atoms with E-state index in [1.54, 1.807) is 24.0 Å². The average molecular weight is 713 g/mol. The van der Waals surface area contributed by atoms with E-state index in [9.17, 15) is 19.5 Å². The van der Waals surface area contributed by atoms with Gasteiger partial charge in [0, 0.05) is 39.1 Å². The summed E-state index contributed by atoms with van der Waals surface area (Å²) in [7, 11) is 0. The molecule has 8 atom stereocenters. The summed E-state index contributed by atoms with van der Waals surface area (Å²) in [6.45, 7) is 5.35. The Morgan fingerprint density at radius 1 is 0.942 bits per heavy atom. The first-order valence-corrected chi connectivity index (χ1v) is 18.4. The number of benzene rings is 2. The standard InChI is InChI=1S/C40H48N4O8/c1-27-35(29-13-7-3-8-14-29)51-39(49)33-31-16-17-40(52-31)34(33)37(47)44(30(26-45)25-28-11-5-2-6-12-28)36(40)38(48)43(18-10-4-9-15-32(46)41-27)20-19-42-21-23-50-24-22-42/h2-8,10-14,16-17,27,30-31,33-36,45H,9,15,18-26H2,1H3,(H,41,46)/b10-4-/t27-,30-,31+,33-,34-,35+,36+,40-/m1/s1. The lowest BCUT2D eigenvalue weighted by atomic mass is 9.74. The van der Waals surface area contributed by atoms with E-state index in [-0.39, 0.29) is 24.8 Å². The number of nitrogens with one attached hydrogen (secondary N) is 1. The van der Waals surface area contributed by atoms with Crippen molar-refractivity contribution in [3.05, 3.63) is 96.1 Å². The number of cyclic esters (lactones) is 1. The summed E-state index contributed by atoms with van der Waals surface area (Å²) >= 11 is 0. The maximum absolute atomic E-state index is 15.1. The first kappa shape index (κ1) is 36.0. The van der Waals surface area contributed by atoms with Gasteiger partial charge >= 0.3 is 5.97 Å². The molecule has 5 aliphatic rings. The quantitative estimate of drug-likeness (QED) is 0.311. The molecule has 3 amide bonds. The van der Waals surface area contributed by atoms with Crippen molar-refractivity contribution in [2.75, 3.05) is 52.5 Å². The zero-order valence-corrected chi connectivity index (χ0v) is 29.5. The smallest absolute Gasteiger partial charge is 0.313 e. The predicted molar refractivity (Wildman–Crippen MR) is 190 cm³/mol. The molecule has 5 bridgehead atoms. The van der Waals surface area contributed by atoms with Crippen molar-refractivity contribution in [1.82, 2.24) is 20.0 Å². The number of nitrogens with zero attached hydrogens (tertiary/aromatic N) is 3. The maximum atomic E-state index is 15.1. The minimum atomic E-state index is -1.44. The molecule has 12 nitrogen and oxygen atoms in total. The van der Waals surface area contributed by atoms with Crippen molar-refractivity contribution in [2.24, 2.45) is 11.8 Å². The Kier molecular flexibility index (Phi) is 10.9. The maximum Gasteiger partial charge on any atom is 0.313 e. The molecule has 0 aliphatic carbocycles. The van der Waals surface area contributed by atoms with Crippen LogP contribution in [0.15, 0.2) is 85.0 Å². The third kappa shape index (κ3) is 7.04. The minimum Gasteiger partial charge on any atom is -0.455 e. The number of morpholine rings is 1. The molecule has 2 N–H and O–H groups in total. The fraction of sp³-hybridized carbons (Fsp3) is 0.500. The molecule has 5 aliphatic heterocycles. The van der Waals surface area contributed by atoms with Crippen molar-refractivity contribution in [2.45, 2.75) is 62.1 Å². The lowest BCUT2D eigenvalue weighted by molar-refractivity contribution is -0.162. The molecule has 52 heavy (non-hydrogen) atoms. The third-order valence-electron chi connectivity index (χ3n) is 11.1. The number of hydrogen-bond donors (Lipinski definition) is 2. The highest BCUT2D eigenvalue weighted by Gasteiger charge is 2.74. The van der Waals surface area contributed by atoms with Crippen LogP contribution in [-0.2, 0) is 39.8 Å². The van der Waals surface area contributed by atoms with Gasteiger partial charge < -0.3 is 34.4 Å². The summed E-state index contributed by atoms with van der Waals surface area (Å²) in [5.74, 6) is -3.68. The van der Waals surface area contributed by atoms with Gasteiger partial charge in [-0.25, -0.2) is 0 Å². The molecule has 3 saturated heterocycles. The third-order valence-corrected chi connectivity index (χ3v) is 11.1. The first-order valence-electron chi connectivity index (χ1n) is 18.4.